The van der Waals surface area contributed by atoms with E-state index in [1.54, 1.807) is 0 Å². The Balaban J connectivity index is 1.76. The van der Waals surface area contributed by atoms with Crippen molar-refractivity contribution in [1.29, 1.82) is 0 Å². The summed E-state index contributed by atoms with van der Waals surface area (Å²) in [5.41, 5.74) is 5.17. The van der Waals surface area contributed by atoms with Crippen LogP contribution in [0.5, 0.6) is 0 Å². The van der Waals surface area contributed by atoms with Crippen LogP contribution in [0.4, 0.5) is 0 Å². The van der Waals surface area contributed by atoms with Gasteiger partial charge in [0, 0.05) is 0 Å². The van der Waals surface area contributed by atoms with Gasteiger partial charge in [-0.15, -0.1) is 0 Å². The van der Waals surface area contributed by atoms with Gasteiger partial charge in [-0.3, -0.25) is 0 Å². The SMILES string of the molecule is CC(C)c1ccc(C(O)C2Cc3ccccc3C2)cc1. The average Bonchev–Trinajstić information content (AvgIpc) is 2.90. The second-order valence-corrected chi connectivity index (χ2v) is 6.20. The van der Waals surface area contributed by atoms with Gasteiger partial charge < -0.3 is 5.11 Å². The van der Waals surface area contributed by atoms with Crippen LogP contribution in [0.2, 0.25) is 0 Å². The van der Waals surface area contributed by atoms with Crippen LogP contribution in [0.15, 0.2) is 48.5 Å². The van der Waals surface area contributed by atoms with E-state index in [9.17, 15) is 5.11 Å². The van der Waals surface area contributed by atoms with Gasteiger partial charge in [0.05, 0.1) is 6.10 Å². The van der Waals surface area contributed by atoms with E-state index in [0.717, 1.165) is 18.4 Å². The molecule has 0 fully saturated rings. The van der Waals surface area contributed by atoms with E-state index in [-0.39, 0.29) is 6.10 Å². The summed E-state index contributed by atoms with van der Waals surface area (Å²) in [5, 5.41) is 10.6. The quantitative estimate of drug-likeness (QED) is 0.880. The van der Waals surface area contributed by atoms with Crippen LogP contribution in [0, 0.1) is 5.92 Å². The van der Waals surface area contributed by atoms with Crippen molar-refractivity contribution in [2.45, 2.75) is 38.7 Å². The Kier molecular flexibility index (Phi) is 3.62. The molecule has 0 radical (unpaired) electrons. The van der Waals surface area contributed by atoms with Crippen LogP contribution in [-0.2, 0) is 12.8 Å². The third-order valence-corrected chi connectivity index (χ3v) is 4.47. The number of benzene rings is 2. The van der Waals surface area contributed by atoms with Crippen molar-refractivity contribution in [2.24, 2.45) is 5.92 Å². The number of hydrogen-bond donors (Lipinski definition) is 1. The molecule has 0 amide bonds. The molecule has 1 aliphatic rings. The number of hydrogen-bond acceptors (Lipinski definition) is 1. The molecule has 1 N–H and O–H groups in total. The molecule has 0 bridgehead atoms. The van der Waals surface area contributed by atoms with Crippen LogP contribution in [0.3, 0.4) is 0 Å². The lowest BCUT2D eigenvalue weighted by atomic mass is 9.91. The van der Waals surface area contributed by atoms with Gasteiger partial charge >= 0.3 is 0 Å². The average molecular weight is 266 g/mol. The third-order valence-electron chi connectivity index (χ3n) is 4.47. The highest BCUT2D eigenvalue weighted by Gasteiger charge is 2.28. The van der Waals surface area contributed by atoms with Crippen molar-refractivity contribution >= 4 is 0 Å². The smallest absolute Gasteiger partial charge is 0.0824 e. The summed E-state index contributed by atoms with van der Waals surface area (Å²) in [6, 6.07) is 17.0. The highest BCUT2D eigenvalue weighted by atomic mass is 16.3. The van der Waals surface area contributed by atoms with E-state index in [4.69, 9.17) is 0 Å². The molecular formula is C19H22O. The Bertz CT molecular complexity index is 558. The number of rotatable bonds is 3. The van der Waals surface area contributed by atoms with Gasteiger partial charge in [0.1, 0.15) is 0 Å². The molecule has 2 aromatic rings. The molecule has 0 saturated carbocycles. The predicted molar refractivity (Wildman–Crippen MR) is 82.8 cm³/mol. The molecule has 0 spiro atoms. The lowest BCUT2D eigenvalue weighted by Gasteiger charge is -2.19. The van der Waals surface area contributed by atoms with E-state index in [1.165, 1.54) is 16.7 Å². The minimum absolute atomic E-state index is 0.317. The zero-order chi connectivity index (χ0) is 14.1. The topological polar surface area (TPSA) is 20.2 Å². The van der Waals surface area contributed by atoms with Crippen molar-refractivity contribution in [1.82, 2.24) is 0 Å². The first-order valence-electron chi connectivity index (χ1n) is 7.50. The molecule has 20 heavy (non-hydrogen) atoms. The number of aliphatic hydroxyl groups excluding tert-OH is 1. The molecule has 2 aromatic carbocycles. The normalized spacial score (nSPS) is 16.4. The second kappa shape index (κ2) is 5.41. The summed E-state index contributed by atoms with van der Waals surface area (Å²) < 4.78 is 0. The van der Waals surface area contributed by atoms with Crippen molar-refractivity contribution in [3.63, 3.8) is 0 Å². The van der Waals surface area contributed by atoms with E-state index in [0.29, 0.717) is 11.8 Å². The summed E-state index contributed by atoms with van der Waals surface area (Å²) in [6.45, 7) is 4.39. The van der Waals surface area contributed by atoms with E-state index in [1.807, 2.05) is 0 Å². The van der Waals surface area contributed by atoms with Gasteiger partial charge in [0.25, 0.3) is 0 Å². The molecule has 1 nitrogen and oxygen atoms in total. The Hall–Kier alpha value is -1.60. The lowest BCUT2D eigenvalue weighted by Crippen LogP contribution is -2.12. The van der Waals surface area contributed by atoms with Crippen molar-refractivity contribution in [3.05, 3.63) is 70.8 Å². The minimum atomic E-state index is -0.358. The van der Waals surface area contributed by atoms with Crippen LogP contribution in [0.1, 0.15) is 48.1 Å². The maximum absolute atomic E-state index is 10.6. The van der Waals surface area contributed by atoms with Gasteiger partial charge in [-0.05, 0) is 46.9 Å². The molecule has 104 valence electrons. The highest BCUT2D eigenvalue weighted by Crippen LogP contribution is 2.35. The van der Waals surface area contributed by atoms with Crippen LogP contribution in [0.25, 0.3) is 0 Å². The largest absolute Gasteiger partial charge is 0.388 e. The fourth-order valence-corrected chi connectivity index (χ4v) is 3.17. The maximum Gasteiger partial charge on any atom is 0.0824 e. The van der Waals surface area contributed by atoms with E-state index >= 15 is 0 Å². The van der Waals surface area contributed by atoms with Gasteiger partial charge in [-0.25, -0.2) is 0 Å². The zero-order valence-electron chi connectivity index (χ0n) is 12.2. The van der Waals surface area contributed by atoms with E-state index in [2.05, 4.69) is 62.4 Å². The summed E-state index contributed by atoms with van der Waals surface area (Å²) >= 11 is 0. The van der Waals surface area contributed by atoms with Gasteiger partial charge in [-0.2, -0.15) is 0 Å². The summed E-state index contributed by atoms with van der Waals surface area (Å²) in [6.07, 6.45) is 1.62. The molecular weight excluding hydrogens is 244 g/mol. The lowest BCUT2D eigenvalue weighted by molar-refractivity contribution is 0.113. The zero-order valence-corrected chi connectivity index (χ0v) is 12.2. The fraction of sp³-hybridized carbons (Fsp3) is 0.368. The minimum Gasteiger partial charge on any atom is -0.388 e. The maximum atomic E-state index is 10.6. The van der Waals surface area contributed by atoms with Crippen LogP contribution >= 0.6 is 0 Å². The highest BCUT2D eigenvalue weighted by molar-refractivity contribution is 5.34. The van der Waals surface area contributed by atoms with Gasteiger partial charge in [0.2, 0.25) is 0 Å². The molecule has 0 saturated heterocycles. The van der Waals surface area contributed by atoms with Crippen molar-refractivity contribution in [2.75, 3.05) is 0 Å². The molecule has 1 heteroatoms. The molecule has 1 unspecified atom stereocenters. The first-order valence-corrected chi connectivity index (χ1v) is 7.50. The summed E-state index contributed by atoms with van der Waals surface area (Å²) in [7, 11) is 0. The Labute approximate surface area is 121 Å². The fourth-order valence-electron chi connectivity index (χ4n) is 3.17. The van der Waals surface area contributed by atoms with Crippen molar-refractivity contribution < 1.29 is 5.11 Å². The van der Waals surface area contributed by atoms with Crippen LogP contribution in [-0.4, -0.2) is 5.11 Å². The molecule has 0 aliphatic heterocycles. The van der Waals surface area contributed by atoms with Crippen LogP contribution < -0.4 is 0 Å². The molecule has 1 aliphatic carbocycles. The van der Waals surface area contributed by atoms with Gasteiger partial charge in [0.15, 0.2) is 0 Å². The molecule has 1 atom stereocenters. The Morgan fingerprint density at radius 3 is 1.85 bits per heavy atom. The van der Waals surface area contributed by atoms with Gasteiger partial charge in [-0.1, -0.05) is 62.4 Å². The summed E-state index contributed by atoms with van der Waals surface area (Å²) in [5.74, 6) is 0.856. The Morgan fingerprint density at radius 1 is 0.850 bits per heavy atom. The monoisotopic (exact) mass is 266 g/mol. The first kappa shape index (κ1) is 13.4. The Morgan fingerprint density at radius 2 is 1.35 bits per heavy atom. The molecule has 3 rings (SSSR count). The molecule has 0 aromatic heterocycles. The summed E-state index contributed by atoms with van der Waals surface area (Å²) in [4.78, 5) is 0. The number of aliphatic hydroxyl groups is 1. The van der Waals surface area contributed by atoms with E-state index < -0.39 is 0 Å². The van der Waals surface area contributed by atoms with Crippen molar-refractivity contribution in [3.8, 4) is 0 Å². The predicted octanol–water partition coefficient (Wildman–Crippen LogP) is 4.26. The number of fused-ring (bicyclic) bond motifs is 1. The second-order valence-electron chi connectivity index (χ2n) is 6.20. The third kappa shape index (κ3) is 2.51. The molecule has 0 heterocycles. The standard InChI is InChI=1S/C19H22O/c1-13(2)14-7-9-15(10-8-14)19(20)18-11-16-5-3-4-6-17(16)12-18/h3-10,13,18-20H,11-12H2,1-2H3. The first-order chi connectivity index (χ1) is 9.65.